The fraction of sp³-hybridized carbons (Fsp3) is 0.357. The Kier molecular flexibility index (Phi) is 2.39. The van der Waals surface area contributed by atoms with E-state index in [2.05, 4.69) is 28.5 Å². The van der Waals surface area contributed by atoms with Gasteiger partial charge in [0.2, 0.25) is 5.91 Å². The Morgan fingerprint density at radius 1 is 1.41 bits per heavy atom. The lowest BCUT2D eigenvalue weighted by Crippen LogP contribution is -2.28. The number of amides is 1. The second-order valence-corrected chi connectivity index (χ2v) is 4.71. The van der Waals surface area contributed by atoms with E-state index in [0.717, 1.165) is 19.3 Å². The standard InChI is InChI=1S/C14H16N2O/c1-9(17)15-12-7-4-8-13-14(12)10-5-2-3-6-11(10)16-13/h2-3,5-6,12,16H,4,7-8H2,1H3,(H,15,17). The van der Waals surface area contributed by atoms with Crippen molar-refractivity contribution in [3.63, 3.8) is 0 Å². The van der Waals surface area contributed by atoms with Crippen LogP contribution in [0, 0.1) is 0 Å². The van der Waals surface area contributed by atoms with Crippen molar-refractivity contribution in [2.75, 3.05) is 0 Å². The minimum absolute atomic E-state index is 0.0492. The molecular weight excluding hydrogens is 212 g/mol. The summed E-state index contributed by atoms with van der Waals surface area (Å²) in [5.41, 5.74) is 3.76. The van der Waals surface area contributed by atoms with Crippen molar-refractivity contribution in [2.45, 2.75) is 32.2 Å². The lowest BCUT2D eigenvalue weighted by Gasteiger charge is -2.23. The summed E-state index contributed by atoms with van der Waals surface area (Å²) in [6.07, 6.45) is 3.25. The summed E-state index contributed by atoms with van der Waals surface area (Å²) in [5.74, 6) is 0.0492. The van der Waals surface area contributed by atoms with Gasteiger partial charge >= 0.3 is 0 Å². The fourth-order valence-electron chi connectivity index (χ4n) is 2.83. The van der Waals surface area contributed by atoms with Crippen LogP contribution in [0.15, 0.2) is 24.3 Å². The number of hydrogen-bond donors (Lipinski definition) is 2. The van der Waals surface area contributed by atoms with Crippen molar-refractivity contribution in [3.05, 3.63) is 35.5 Å². The summed E-state index contributed by atoms with van der Waals surface area (Å²) in [4.78, 5) is 14.7. The molecule has 1 heterocycles. The molecule has 1 aromatic heterocycles. The van der Waals surface area contributed by atoms with Crippen LogP contribution >= 0.6 is 0 Å². The van der Waals surface area contributed by atoms with Gasteiger partial charge in [0.05, 0.1) is 6.04 Å². The molecule has 17 heavy (non-hydrogen) atoms. The minimum Gasteiger partial charge on any atom is -0.358 e. The topological polar surface area (TPSA) is 44.9 Å². The molecule has 3 heteroatoms. The molecule has 1 aliphatic carbocycles. The SMILES string of the molecule is CC(=O)NC1CCCc2[nH]c3ccccc3c21. The van der Waals surface area contributed by atoms with Gasteiger partial charge in [-0.3, -0.25) is 4.79 Å². The van der Waals surface area contributed by atoms with Crippen molar-refractivity contribution in [3.8, 4) is 0 Å². The Labute approximate surface area is 100 Å². The van der Waals surface area contributed by atoms with Gasteiger partial charge < -0.3 is 10.3 Å². The predicted molar refractivity (Wildman–Crippen MR) is 67.8 cm³/mol. The second kappa shape index (κ2) is 3.91. The van der Waals surface area contributed by atoms with Gasteiger partial charge in [0.1, 0.15) is 0 Å². The summed E-state index contributed by atoms with van der Waals surface area (Å²) < 4.78 is 0. The monoisotopic (exact) mass is 228 g/mol. The molecule has 1 aromatic carbocycles. The molecule has 0 saturated heterocycles. The zero-order chi connectivity index (χ0) is 11.8. The fourth-order valence-corrected chi connectivity index (χ4v) is 2.83. The number of para-hydroxylation sites is 1. The first-order valence-electron chi connectivity index (χ1n) is 6.12. The number of fused-ring (bicyclic) bond motifs is 3. The van der Waals surface area contributed by atoms with Crippen LogP contribution in [0.25, 0.3) is 10.9 Å². The van der Waals surface area contributed by atoms with Gasteiger partial charge in [-0.05, 0) is 25.3 Å². The van der Waals surface area contributed by atoms with E-state index in [1.165, 1.54) is 22.2 Å². The van der Waals surface area contributed by atoms with Gasteiger partial charge in [0.15, 0.2) is 0 Å². The van der Waals surface area contributed by atoms with Crippen LogP contribution in [0.4, 0.5) is 0 Å². The third kappa shape index (κ3) is 1.71. The maximum Gasteiger partial charge on any atom is 0.217 e. The molecule has 0 radical (unpaired) electrons. The maximum absolute atomic E-state index is 11.3. The van der Waals surface area contributed by atoms with Crippen molar-refractivity contribution in [1.29, 1.82) is 0 Å². The summed E-state index contributed by atoms with van der Waals surface area (Å²) in [6, 6.07) is 8.49. The highest BCUT2D eigenvalue weighted by Crippen LogP contribution is 2.35. The van der Waals surface area contributed by atoms with Gasteiger partial charge in [-0.15, -0.1) is 0 Å². The van der Waals surface area contributed by atoms with Crippen molar-refractivity contribution in [2.24, 2.45) is 0 Å². The lowest BCUT2D eigenvalue weighted by atomic mass is 9.91. The van der Waals surface area contributed by atoms with Gasteiger partial charge in [-0.1, -0.05) is 18.2 Å². The number of rotatable bonds is 1. The van der Waals surface area contributed by atoms with E-state index in [1.54, 1.807) is 6.92 Å². The number of hydrogen-bond acceptors (Lipinski definition) is 1. The Morgan fingerprint density at radius 3 is 3.06 bits per heavy atom. The molecule has 1 amide bonds. The number of carbonyl (C=O) groups is 1. The van der Waals surface area contributed by atoms with Gasteiger partial charge in [-0.25, -0.2) is 0 Å². The molecule has 88 valence electrons. The van der Waals surface area contributed by atoms with Crippen molar-refractivity contribution < 1.29 is 4.79 Å². The van der Waals surface area contributed by atoms with E-state index in [4.69, 9.17) is 0 Å². The van der Waals surface area contributed by atoms with Crippen LogP contribution in [-0.4, -0.2) is 10.9 Å². The first-order chi connectivity index (χ1) is 8.25. The molecule has 0 fully saturated rings. The predicted octanol–water partition coefficient (Wildman–Crippen LogP) is 2.68. The number of carbonyl (C=O) groups excluding carboxylic acids is 1. The molecule has 1 unspecified atom stereocenters. The Hall–Kier alpha value is -1.77. The van der Waals surface area contributed by atoms with Gasteiger partial charge in [0.25, 0.3) is 0 Å². The molecule has 0 saturated carbocycles. The van der Waals surface area contributed by atoms with E-state index in [9.17, 15) is 4.79 Å². The first-order valence-corrected chi connectivity index (χ1v) is 6.12. The maximum atomic E-state index is 11.3. The Bertz CT molecular complexity index is 571. The summed E-state index contributed by atoms with van der Waals surface area (Å²) in [7, 11) is 0. The van der Waals surface area contributed by atoms with E-state index >= 15 is 0 Å². The smallest absolute Gasteiger partial charge is 0.217 e. The van der Waals surface area contributed by atoms with Crippen LogP contribution in [0.2, 0.25) is 0 Å². The van der Waals surface area contributed by atoms with Crippen LogP contribution in [0.1, 0.15) is 37.1 Å². The van der Waals surface area contributed by atoms with Crippen LogP contribution in [0.3, 0.4) is 0 Å². The Morgan fingerprint density at radius 2 is 2.24 bits per heavy atom. The third-order valence-corrected chi connectivity index (χ3v) is 3.47. The molecule has 2 N–H and O–H groups in total. The largest absolute Gasteiger partial charge is 0.358 e. The number of aryl methyl sites for hydroxylation is 1. The molecular formula is C14H16N2O. The average Bonchev–Trinajstić information content (AvgIpc) is 2.67. The molecule has 1 aliphatic rings. The van der Waals surface area contributed by atoms with Crippen molar-refractivity contribution >= 4 is 16.8 Å². The molecule has 2 aromatic rings. The molecule has 1 atom stereocenters. The quantitative estimate of drug-likeness (QED) is 0.774. The third-order valence-electron chi connectivity index (χ3n) is 3.47. The lowest BCUT2D eigenvalue weighted by molar-refractivity contribution is -0.119. The van der Waals surface area contributed by atoms with E-state index in [0.29, 0.717) is 0 Å². The van der Waals surface area contributed by atoms with Crippen LogP contribution in [0.5, 0.6) is 0 Å². The first kappa shape index (κ1) is 10.4. The van der Waals surface area contributed by atoms with E-state index in [1.807, 2.05) is 6.07 Å². The summed E-state index contributed by atoms with van der Waals surface area (Å²) in [5, 5.41) is 4.31. The minimum atomic E-state index is 0.0492. The zero-order valence-electron chi connectivity index (χ0n) is 9.92. The second-order valence-electron chi connectivity index (χ2n) is 4.71. The highest BCUT2D eigenvalue weighted by atomic mass is 16.1. The normalized spacial score (nSPS) is 19.0. The number of aromatic nitrogens is 1. The average molecular weight is 228 g/mol. The van der Waals surface area contributed by atoms with Crippen LogP contribution < -0.4 is 5.32 Å². The number of H-pyrrole nitrogens is 1. The highest BCUT2D eigenvalue weighted by molar-refractivity contribution is 5.86. The number of benzene rings is 1. The van der Waals surface area contributed by atoms with Crippen LogP contribution in [-0.2, 0) is 11.2 Å². The Balaban J connectivity index is 2.13. The van der Waals surface area contributed by atoms with Gasteiger partial charge in [0, 0.05) is 29.1 Å². The van der Waals surface area contributed by atoms with Crippen molar-refractivity contribution in [1.82, 2.24) is 10.3 Å². The highest BCUT2D eigenvalue weighted by Gasteiger charge is 2.24. The molecule has 0 aliphatic heterocycles. The number of nitrogens with one attached hydrogen (secondary N) is 2. The zero-order valence-corrected chi connectivity index (χ0v) is 9.92. The molecule has 0 spiro atoms. The molecule has 3 nitrogen and oxygen atoms in total. The van der Waals surface area contributed by atoms with Gasteiger partial charge in [-0.2, -0.15) is 0 Å². The summed E-state index contributed by atoms with van der Waals surface area (Å²) >= 11 is 0. The van der Waals surface area contributed by atoms with E-state index in [-0.39, 0.29) is 11.9 Å². The molecule has 3 rings (SSSR count). The summed E-state index contributed by atoms with van der Waals surface area (Å²) in [6.45, 7) is 1.59. The molecule has 0 bridgehead atoms. The van der Waals surface area contributed by atoms with E-state index < -0.39 is 0 Å². The number of aromatic amines is 1.